The molecule has 2 heterocycles. The topological polar surface area (TPSA) is 87.5 Å². The Morgan fingerprint density at radius 3 is 2.85 bits per heavy atom. The van der Waals surface area contributed by atoms with Gasteiger partial charge in [0.15, 0.2) is 0 Å². The van der Waals surface area contributed by atoms with Gasteiger partial charge in [0, 0.05) is 38.5 Å². The number of fused-ring (bicyclic) bond motifs is 1. The summed E-state index contributed by atoms with van der Waals surface area (Å²) in [6.45, 7) is 4.25. The lowest BCUT2D eigenvalue weighted by molar-refractivity contribution is -0.122. The Morgan fingerprint density at radius 2 is 2.15 bits per heavy atom. The summed E-state index contributed by atoms with van der Waals surface area (Å²) in [4.78, 5) is 28.1. The maximum absolute atomic E-state index is 13.5. The van der Waals surface area contributed by atoms with Gasteiger partial charge in [-0.3, -0.25) is 14.3 Å². The molecule has 0 saturated carbocycles. The summed E-state index contributed by atoms with van der Waals surface area (Å²) >= 11 is 0. The summed E-state index contributed by atoms with van der Waals surface area (Å²) < 4.78 is 1.57. The molecule has 3 rings (SSSR count). The van der Waals surface area contributed by atoms with Crippen molar-refractivity contribution in [2.75, 3.05) is 11.9 Å². The number of nitrogens with one attached hydrogen (secondary N) is 1. The molecule has 144 valence electrons. The molecule has 1 aliphatic heterocycles. The number of hydrogen-bond acceptors (Lipinski definition) is 4. The zero-order valence-electron chi connectivity index (χ0n) is 16.0. The molecule has 7 heteroatoms. The lowest BCUT2D eigenvalue weighted by Gasteiger charge is -2.32. The van der Waals surface area contributed by atoms with Gasteiger partial charge in [0.2, 0.25) is 5.91 Å². The fourth-order valence-electron chi connectivity index (χ4n) is 3.56. The van der Waals surface area contributed by atoms with Crippen molar-refractivity contribution in [2.45, 2.75) is 39.3 Å². The van der Waals surface area contributed by atoms with Gasteiger partial charge in [-0.2, -0.15) is 5.10 Å². The zero-order chi connectivity index (χ0) is 19.6. The summed E-state index contributed by atoms with van der Waals surface area (Å²) in [7, 11) is 1.74. The quantitative estimate of drug-likeness (QED) is 0.842. The first kappa shape index (κ1) is 19.1. The number of aromatic nitrogens is 2. The molecule has 0 saturated heterocycles. The summed E-state index contributed by atoms with van der Waals surface area (Å²) in [6, 6.07) is 6.98. The molecule has 27 heavy (non-hydrogen) atoms. The standard InChI is InChI=1S/C20H26N4O3/c1-4-13(2)18-19(26)21-16-8-6-5-7-14(16)11-24(18)20(27)15-12-23(3)22-17(15)9-10-25/h5-8,12-13,18,25H,4,9-11H2,1-3H3,(H,21,26). The van der Waals surface area contributed by atoms with Crippen LogP contribution in [-0.4, -0.2) is 44.3 Å². The highest BCUT2D eigenvalue weighted by Gasteiger charge is 2.38. The second-order valence-electron chi connectivity index (χ2n) is 7.05. The van der Waals surface area contributed by atoms with Crippen LogP contribution in [0.25, 0.3) is 0 Å². The number of benzene rings is 1. The van der Waals surface area contributed by atoms with Crippen molar-refractivity contribution in [3.05, 3.63) is 47.3 Å². The lowest BCUT2D eigenvalue weighted by Crippen LogP contribution is -2.49. The smallest absolute Gasteiger partial charge is 0.258 e. The second-order valence-corrected chi connectivity index (χ2v) is 7.05. The molecule has 0 fully saturated rings. The molecule has 0 aliphatic carbocycles. The molecular weight excluding hydrogens is 344 g/mol. The Labute approximate surface area is 159 Å². The van der Waals surface area contributed by atoms with Crippen molar-refractivity contribution in [3.8, 4) is 0 Å². The first-order valence-corrected chi connectivity index (χ1v) is 9.29. The number of nitrogens with zero attached hydrogens (tertiary/aromatic N) is 3. The molecule has 1 aliphatic rings. The van der Waals surface area contributed by atoms with E-state index >= 15 is 0 Å². The first-order chi connectivity index (χ1) is 13.0. The van der Waals surface area contributed by atoms with E-state index in [1.807, 2.05) is 38.1 Å². The van der Waals surface area contributed by atoms with Gasteiger partial charge < -0.3 is 15.3 Å². The highest BCUT2D eigenvalue weighted by atomic mass is 16.3. The highest BCUT2D eigenvalue weighted by Crippen LogP contribution is 2.29. The molecule has 2 N–H and O–H groups in total. The van der Waals surface area contributed by atoms with Crippen LogP contribution in [0.4, 0.5) is 5.69 Å². The molecule has 7 nitrogen and oxygen atoms in total. The van der Waals surface area contributed by atoms with Crippen molar-refractivity contribution in [1.82, 2.24) is 14.7 Å². The number of para-hydroxylation sites is 1. The third kappa shape index (κ3) is 3.73. The number of amides is 2. The van der Waals surface area contributed by atoms with E-state index in [0.29, 0.717) is 24.2 Å². The maximum Gasteiger partial charge on any atom is 0.258 e. The Hall–Kier alpha value is -2.67. The van der Waals surface area contributed by atoms with E-state index in [0.717, 1.165) is 17.7 Å². The minimum absolute atomic E-state index is 0.00113. The van der Waals surface area contributed by atoms with E-state index < -0.39 is 6.04 Å². The number of aryl methyl sites for hydroxylation is 1. The van der Waals surface area contributed by atoms with Crippen LogP contribution >= 0.6 is 0 Å². The molecule has 0 spiro atoms. The van der Waals surface area contributed by atoms with E-state index in [9.17, 15) is 14.7 Å². The Bertz CT molecular complexity index is 846. The minimum Gasteiger partial charge on any atom is -0.396 e. The van der Waals surface area contributed by atoms with Crippen molar-refractivity contribution in [3.63, 3.8) is 0 Å². The highest BCUT2D eigenvalue weighted by molar-refractivity contribution is 6.03. The van der Waals surface area contributed by atoms with Crippen LogP contribution < -0.4 is 5.32 Å². The zero-order valence-corrected chi connectivity index (χ0v) is 16.0. The second kappa shape index (κ2) is 7.92. The SMILES string of the molecule is CCC(C)C1C(=O)Nc2ccccc2CN1C(=O)c1cn(C)nc1CCO. The van der Waals surface area contributed by atoms with Gasteiger partial charge in [-0.15, -0.1) is 0 Å². The molecule has 2 amide bonds. The number of aliphatic hydroxyl groups excluding tert-OH is 1. The Kier molecular flexibility index (Phi) is 5.60. The molecule has 2 aromatic rings. The molecular formula is C20H26N4O3. The number of rotatable bonds is 5. The van der Waals surface area contributed by atoms with Gasteiger partial charge in [0.1, 0.15) is 6.04 Å². The predicted molar refractivity (Wildman–Crippen MR) is 102 cm³/mol. The normalized spacial score (nSPS) is 17.9. The van der Waals surface area contributed by atoms with Crippen molar-refractivity contribution in [1.29, 1.82) is 0 Å². The average Bonchev–Trinajstić information content (AvgIpc) is 2.94. The summed E-state index contributed by atoms with van der Waals surface area (Å²) in [5.74, 6) is -0.403. The van der Waals surface area contributed by atoms with E-state index in [4.69, 9.17) is 0 Å². The van der Waals surface area contributed by atoms with Crippen molar-refractivity contribution >= 4 is 17.5 Å². The number of anilines is 1. The van der Waals surface area contributed by atoms with Gasteiger partial charge >= 0.3 is 0 Å². The summed E-state index contributed by atoms with van der Waals surface area (Å²) in [5, 5.41) is 16.6. The van der Waals surface area contributed by atoms with Crippen LogP contribution in [-0.2, 0) is 24.8 Å². The van der Waals surface area contributed by atoms with Crippen LogP contribution in [0.15, 0.2) is 30.5 Å². The minimum atomic E-state index is -0.572. The number of hydrogen-bond donors (Lipinski definition) is 2. The number of carbonyl (C=O) groups excluding carboxylic acids is 2. The van der Waals surface area contributed by atoms with Crippen LogP contribution in [0.1, 0.15) is 41.9 Å². The largest absolute Gasteiger partial charge is 0.396 e. The van der Waals surface area contributed by atoms with Crippen LogP contribution in [0.5, 0.6) is 0 Å². The average molecular weight is 370 g/mol. The molecule has 2 unspecified atom stereocenters. The van der Waals surface area contributed by atoms with Crippen LogP contribution in [0.3, 0.4) is 0 Å². The van der Waals surface area contributed by atoms with Gasteiger partial charge in [-0.05, 0) is 17.5 Å². The lowest BCUT2D eigenvalue weighted by atomic mass is 9.96. The van der Waals surface area contributed by atoms with Crippen LogP contribution in [0, 0.1) is 5.92 Å². The van der Waals surface area contributed by atoms with Crippen LogP contribution in [0.2, 0.25) is 0 Å². The van der Waals surface area contributed by atoms with E-state index in [2.05, 4.69) is 10.4 Å². The van der Waals surface area contributed by atoms with E-state index in [1.165, 1.54) is 0 Å². The number of aliphatic hydroxyl groups is 1. The fraction of sp³-hybridized carbons (Fsp3) is 0.450. The van der Waals surface area contributed by atoms with Gasteiger partial charge in [0.25, 0.3) is 5.91 Å². The van der Waals surface area contributed by atoms with Gasteiger partial charge in [-0.25, -0.2) is 0 Å². The molecule has 1 aromatic heterocycles. The summed E-state index contributed by atoms with van der Waals surface area (Å²) in [5.41, 5.74) is 2.63. The first-order valence-electron chi connectivity index (χ1n) is 9.29. The van der Waals surface area contributed by atoms with E-state index in [-0.39, 0.29) is 24.3 Å². The summed E-state index contributed by atoms with van der Waals surface area (Å²) in [6.07, 6.45) is 2.73. The van der Waals surface area contributed by atoms with E-state index in [1.54, 1.807) is 22.8 Å². The van der Waals surface area contributed by atoms with Crippen molar-refractivity contribution in [2.24, 2.45) is 13.0 Å². The number of carbonyl (C=O) groups is 2. The van der Waals surface area contributed by atoms with Gasteiger partial charge in [-0.1, -0.05) is 38.5 Å². The maximum atomic E-state index is 13.5. The fourth-order valence-corrected chi connectivity index (χ4v) is 3.56. The third-order valence-corrected chi connectivity index (χ3v) is 5.15. The molecule has 1 aromatic carbocycles. The Morgan fingerprint density at radius 1 is 1.41 bits per heavy atom. The monoisotopic (exact) mass is 370 g/mol. The third-order valence-electron chi connectivity index (χ3n) is 5.15. The predicted octanol–water partition coefficient (Wildman–Crippen LogP) is 1.96. The Balaban J connectivity index is 2.05. The van der Waals surface area contributed by atoms with Crippen molar-refractivity contribution < 1.29 is 14.7 Å². The van der Waals surface area contributed by atoms with Gasteiger partial charge in [0.05, 0.1) is 11.3 Å². The molecule has 0 radical (unpaired) electrons. The molecule has 0 bridgehead atoms. The molecule has 2 atom stereocenters.